The first kappa shape index (κ1) is 15.1. The molecule has 1 aromatic carbocycles. The highest BCUT2D eigenvalue weighted by atomic mass is 79.9. The molecule has 1 heterocycles. The number of nitrogens with zero attached hydrogens (tertiary/aromatic N) is 4. The summed E-state index contributed by atoms with van der Waals surface area (Å²) in [4.78, 5) is 21.6. The summed E-state index contributed by atoms with van der Waals surface area (Å²) in [5.41, 5.74) is 0.676. The zero-order valence-corrected chi connectivity index (χ0v) is 12.6. The molecule has 0 spiro atoms. The molecule has 9 heteroatoms. The van der Waals surface area contributed by atoms with Crippen LogP contribution in [-0.2, 0) is 13.0 Å². The topological polar surface area (TPSA) is 111 Å². The number of aromatic nitrogens is 3. The van der Waals surface area contributed by atoms with Gasteiger partial charge < -0.3 is 5.11 Å². The summed E-state index contributed by atoms with van der Waals surface area (Å²) in [7, 11) is 0. The van der Waals surface area contributed by atoms with Gasteiger partial charge in [0.1, 0.15) is 0 Å². The van der Waals surface area contributed by atoms with Crippen molar-refractivity contribution in [3.63, 3.8) is 0 Å². The van der Waals surface area contributed by atoms with Crippen LogP contribution in [0.25, 0.3) is 0 Å². The Morgan fingerprint density at radius 2 is 2.24 bits per heavy atom. The van der Waals surface area contributed by atoms with Gasteiger partial charge in [-0.3, -0.25) is 10.1 Å². The molecule has 2 rings (SSSR count). The Morgan fingerprint density at radius 3 is 2.81 bits per heavy atom. The van der Waals surface area contributed by atoms with E-state index in [2.05, 4.69) is 26.2 Å². The van der Waals surface area contributed by atoms with Crippen LogP contribution in [0, 0.1) is 10.1 Å². The summed E-state index contributed by atoms with van der Waals surface area (Å²) in [6.07, 6.45) is 0.416. The molecule has 0 amide bonds. The van der Waals surface area contributed by atoms with E-state index in [1.165, 1.54) is 10.7 Å². The minimum Gasteiger partial charge on any atom is -0.476 e. The molecule has 0 aliphatic heterocycles. The van der Waals surface area contributed by atoms with E-state index in [-0.39, 0.29) is 17.9 Å². The molecule has 0 saturated carbocycles. The van der Waals surface area contributed by atoms with Gasteiger partial charge in [-0.15, -0.1) is 5.10 Å². The van der Waals surface area contributed by atoms with Gasteiger partial charge in [-0.25, -0.2) is 9.48 Å². The molecule has 2 aromatic rings. The molecule has 0 bridgehead atoms. The summed E-state index contributed by atoms with van der Waals surface area (Å²) in [6, 6.07) is 4.68. The van der Waals surface area contributed by atoms with Crippen molar-refractivity contribution in [1.29, 1.82) is 0 Å². The van der Waals surface area contributed by atoms with Gasteiger partial charge in [-0.2, -0.15) is 0 Å². The number of halogens is 1. The highest BCUT2D eigenvalue weighted by Gasteiger charge is 2.20. The van der Waals surface area contributed by atoms with E-state index >= 15 is 0 Å². The molecular formula is C12H11BrN4O4. The second-order valence-corrected chi connectivity index (χ2v) is 5.15. The van der Waals surface area contributed by atoms with Crippen molar-refractivity contribution in [2.75, 3.05) is 0 Å². The van der Waals surface area contributed by atoms with Crippen molar-refractivity contribution < 1.29 is 14.8 Å². The van der Waals surface area contributed by atoms with Crippen LogP contribution in [0.4, 0.5) is 5.69 Å². The van der Waals surface area contributed by atoms with Crippen molar-refractivity contribution >= 4 is 27.6 Å². The van der Waals surface area contributed by atoms with E-state index in [0.29, 0.717) is 22.2 Å². The fourth-order valence-electron chi connectivity index (χ4n) is 1.98. The summed E-state index contributed by atoms with van der Waals surface area (Å²) < 4.78 is 1.97. The predicted molar refractivity (Wildman–Crippen MR) is 76.3 cm³/mol. The number of nitro groups is 1. The molecule has 0 saturated heterocycles. The van der Waals surface area contributed by atoms with Crippen LogP contribution in [0.2, 0.25) is 0 Å². The molecule has 8 nitrogen and oxygen atoms in total. The Labute approximate surface area is 127 Å². The Kier molecular flexibility index (Phi) is 4.32. The number of benzene rings is 1. The smallest absolute Gasteiger partial charge is 0.358 e. The maximum atomic E-state index is 11.1. The van der Waals surface area contributed by atoms with Crippen LogP contribution >= 0.6 is 15.9 Å². The van der Waals surface area contributed by atoms with Crippen LogP contribution in [0.3, 0.4) is 0 Å². The van der Waals surface area contributed by atoms with Crippen molar-refractivity contribution in [1.82, 2.24) is 15.0 Å². The predicted octanol–water partition coefficient (Wildman–Crippen LogP) is 2.26. The minimum absolute atomic E-state index is 0.0567. The zero-order chi connectivity index (χ0) is 15.6. The number of rotatable bonds is 5. The third kappa shape index (κ3) is 3.07. The van der Waals surface area contributed by atoms with E-state index in [1.54, 1.807) is 19.1 Å². The lowest BCUT2D eigenvalue weighted by Crippen LogP contribution is -2.10. The van der Waals surface area contributed by atoms with Crippen LogP contribution in [0.1, 0.15) is 28.7 Å². The van der Waals surface area contributed by atoms with Gasteiger partial charge >= 0.3 is 5.97 Å². The first-order valence-corrected chi connectivity index (χ1v) is 6.81. The molecule has 0 fully saturated rings. The van der Waals surface area contributed by atoms with E-state index in [1.807, 2.05) is 0 Å². The zero-order valence-electron chi connectivity index (χ0n) is 11.0. The van der Waals surface area contributed by atoms with Gasteiger partial charge in [0, 0.05) is 10.5 Å². The van der Waals surface area contributed by atoms with Gasteiger partial charge in [-0.05, 0) is 18.6 Å². The number of nitro benzene ring substituents is 1. The Hall–Kier alpha value is -2.29. The lowest BCUT2D eigenvalue weighted by Gasteiger charge is -2.06. The summed E-state index contributed by atoms with van der Waals surface area (Å²) in [5, 5.41) is 27.5. The van der Waals surface area contributed by atoms with E-state index in [9.17, 15) is 14.9 Å². The second-order valence-electron chi connectivity index (χ2n) is 4.23. The number of carbonyl (C=O) groups is 1. The Balaban J connectivity index is 2.43. The van der Waals surface area contributed by atoms with Gasteiger partial charge in [0.05, 0.1) is 22.7 Å². The lowest BCUT2D eigenvalue weighted by atomic mass is 10.1. The van der Waals surface area contributed by atoms with Crippen molar-refractivity contribution in [2.45, 2.75) is 19.9 Å². The molecule has 0 unspecified atom stereocenters. The normalized spacial score (nSPS) is 10.6. The van der Waals surface area contributed by atoms with Crippen molar-refractivity contribution in [3.05, 3.63) is 49.7 Å². The number of hydrogen-bond donors (Lipinski definition) is 1. The van der Waals surface area contributed by atoms with Crippen LogP contribution in [-0.4, -0.2) is 31.0 Å². The molecule has 1 N–H and O–H groups in total. The molecular weight excluding hydrogens is 344 g/mol. The molecule has 0 aliphatic rings. The largest absolute Gasteiger partial charge is 0.476 e. The van der Waals surface area contributed by atoms with Gasteiger partial charge in [0.2, 0.25) is 0 Å². The average molecular weight is 355 g/mol. The number of carboxylic acid groups (broad SMARTS) is 1. The van der Waals surface area contributed by atoms with Gasteiger partial charge in [0.15, 0.2) is 5.69 Å². The molecule has 110 valence electrons. The second kappa shape index (κ2) is 6.00. The molecule has 0 atom stereocenters. The molecule has 1 aromatic heterocycles. The van der Waals surface area contributed by atoms with Gasteiger partial charge in [0.25, 0.3) is 5.69 Å². The summed E-state index contributed by atoms with van der Waals surface area (Å²) >= 11 is 3.18. The summed E-state index contributed by atoms with van der Waals surface area (Å²) in [6.45, 7) is 1.87. The fourth-order valence-corrected chi connectivity index (χ4v) is 2.33. The molecule has 0 radical (unpaired) electrons. The molecule has 0 aliphatic carbocycles. The maximum Gasteiger partial charge on any atom is 0.358 e. The van der Waals surface area contributed by atoms with E-state index in [0.717, 1.165) is 0 Å². The first-order chi connectivity index (χ1) is 9.93. The SMILES string of the molecule is CCc1c(C(=O)O)nnn1Cc1ccc(Br)cc1[N+](=O)[O-]. The fraction of sp³-hybridized carbons (Fsp3) is 0.250. The maximum absolute atomic E-state index is 11.1. The van der Waals surface area contributed by atoms with E-state index < -0.39 is 10.9 Å². The highest BCUT2D eigenvalue weighted by Crippen LogP contribution is 2.24. The van der Waals surface area contributed by atoms with Crippen LogP contribution in [0.5, 0.6) is 0 Å². The minimum atomic E-state index is -1.16. The number of hydrogen-bond acceptors (Lipinski definition) is 5. The van der Waals surface area contributed by atoms with Crippen molar-refractivity contribution in [2.24, 2.45) is 0 Å². The quantitative estimate of drug-likeness (QED) is 0.650. The number of aromatic carboxylic acids is 1. The lowest BCUT2D eigenvalue weighted by molar-refractivity contribution is -0.385. The van der Waals surface area contributed by atoms with Crippen LogP contribution < -0.4 is 0 Å². The average Bonchev–Trinajstić information content (AvgIpc) is 2.83. The first-order valence-electron chi connectivity index (χ1n) is 6.02. The highest BCUT2D eigenvalue weighted by molar-refractivity contribution is 9.10. The standard InChI is InChI=1S/C12H11BrN4O4/c1-2-9-11(12(18)19)14-15-16(9)6-7-3-4-8(13)5-10(7)17(20)21/h3-5H,2,6H2,1H3,(H,18,19). The Bertz CT molecular complexity index is 713. The van der Waals surface area contributed by atoms with Crippen molar-refractivity contribution in [3.8, 4) is 0 Å². The molecule has 21 heavy (non-hydrogen) atoms. The monoisotopic (exact) mass is 354 g/mol. The summed E-state index contributed by atoms with van der Waals surface area (Å²) in [5.74, 6) is -1.16. The third-order valence-electron chi connectivity index (χ3n) is 2.94. The Morgan fingerprint density at radius 1 is 1.52 bits per heavy atom. The third-order valence-corrected chi connectivity index (χ3v) is 3.43. The van der Waals surface area contributed by atoms with E-state index in [4.69, 9.17) is 5.11 Å². The van der Waals surface area contributed by atoms with Gasteiger partial charge in [-0.1, -0.05) is 28.1 Å². The number of carboxylic acids is 1. The van der Waals surface area contributed by atoms with Crippen LogP contribution in [0.15, 0.2) is 22.7 Å².